The quantitative estimate of drug-likeness (QED) is 0.802. The van der Waals surface area contributed by atoms with E-state index in [-0.39, 0.29) is 5.91 Å². The molecule has 0 bridgehead atoms. The molecule has 0 radical (unpaired) electrons. The van der Waals surface area contributed by atoms with Gasteiger partial charge in [-0.25, -0.2) is 0 Å². The predicted octanol–water partition coefficient (Wildman–Crippen LogP) is 3.38. The molecule has 1 aromatic rings. The van der Waals surface area contributed by atoms with Gasteiger partial charge < -0.3 is 10.2 Å². The number of unbranched alkanes of at least 4 members (excludes halogenated alkanes) is 1. The largest absolute Gasteiger partial charge is 0.385 e. The molecule has 1 rings (SSSR count). The monoisotopic (exact) mass is 248 g/mol. The second kappa shape index (κ2) is 7.75. The number of benzene rings is 1. The fraction of sp³-hybridized carbons (Fsp3) is 0.533. The van der Waals surface area contributed by atoms with E-state index in [0.717, 1.165) is 43.7 Å². The van der Waals surface area contributed by atoms with E-state index in [1.807, 2.05) is 36.1 Å². The van der Waals surface area contributed by atoms with Gasteiger partial charge >= 0.3 is 0 Å². The van der Waals surface area contributed by atoms with Crippen molar-refractivity contribution in [1.29, 1.82) is 0 Å². The summed E-state index contributed by atoms with van der Waals surface area (Å²) in [5.41, 5.74) is 1.83. The molecule has 0 saturated heterocycles. The summed E-state index contributed by atoms with van der Waals surface area (Å²) in [6.07, 6.45) is 2.18. The molecule has 0 spiro atoms. The van der Waals surface area contributed by atoms with Crippen LogP contribution in [0.5, 0.6) is 0 Å². The van der Waals surface area contributed by atoms with Gasteiger partial charge in [0, 0.05) is 30.9 Å². The number of nitrogens with one attached hydrogen (secondary N) is 1. The Morgan fingerprint density at radius 3 is 2.33 bits per heavy atom. The van der Waals surface area contributed by atoms with Gasteiger partial charge in [0.15, 0.2) is 0 Å². The number of hydrogen-bond acceptors (Lipinski definition) is 2. The minimum Gasteiger partial charge on any atom is -0.385 e. The average molecular weight is 248 g/mol. The first-order chi connectivity index (χ1) is 8.72. The molecule has 1 aromatic carbocycles. The van der Waals surface area contributed by atoms with Gasteiger partial charge in [-0.1, -0.05) is 13.3 Å². The van der Waals surface area contributed by atoms with Gasteiger partial charge in [-0.15, -0.1) is 0 Å². The highest BCUT2D eigenvalue weighted by Gasteiger charge is 2.12. The summed E-state index contributed by atoms with van der Waals surface area (Å²) in [6, 6.07) is 7.72. The smallest absolute Gasteiger partial charge is 0.253 e. The van der Waals surface area contributed by atoms with E-state index in [1.54, 1.807) is 0 Å². The summed E-state index contributed by atoms with van der Waals surface area (Å²) in [4.78, 5) is 14.2. The predicted molar refractivity (Wildman–Crippen MR) is 77.1 cm³/mol. The molecule has 0 atom stereocenters. The summed E-state index contributed by atoms with van der Waals surface area (Å²) in [5.74, 6) is 0.133. The van der Waals surface area contributed by atoms with Gasteiger partial charge in [0.05, 0.1) is 0 Å². The van der Waals surface area contributed by atoms with E-state index in [1.165, 1.54) is 0 Å². The van der Waals surface area contributed by atoms with Gasteiger partial charge in [0.2, 0.25) is 0 Å². The molecule has 0 heterocycles. The fourth-order valence-electron chi connectivity index (χ4n) is 1.87. The van der Waals surface area contributed by atoms with Crippen LogP contribution in [0, 0.1) is 0 Å². The minimum absolute atomic E-state index is 0.133. The van der Waals surface area contributed by atoms with Crippen LogP contribution in [0.25, 0.3) is 0 Å². The fourth-order valence-corrected chi connectivity index (χ4v) is 1.87. The zero-order valence-corrected chi connectivity index (χ0v) is 11.7. The number of nitrogens with zero attached hydrogens (tertiary/aromatic N) is 1. The highest BCUT2D eigenvalue weighted by atomic mass is 16.2. The first-order valence-electron chi connectivity index (χ1n) is 6.86. The van der Waals surface area contributed by atoms with Crippen LogP contribution in [0.15, 0.2) is 24.3 Å². The van der Waals surface area contributed by atoms with Crippen molar-refractivity contribution < 1.29 is 4.79 Å². The molecule has 0 aromatic heterocycles. The number of amides is 1. The maximum atomic E-state index is 12.3. The summed E-state index contributed by atoms with van der Waals surface area (Å²) in [5, 5.41) is 3.23. The van der Waals surface area contributed by atoms with Crippen molar-refractivity contribution in [2.75, 3.05) is 25.0 Å². The highest BCUT2D eigenvalue weighted by Crippen LogP contribution is 2.12. The zero-order chi connectivity index (χ0) is 13.4. The van der Waals surface area contributed by atoms with Gasteiger partial charge in [0.1, 0.15) is 0 Å². The van der Waals surface area contributed by atoms with Gasteiger partial charge in [-0.3, -0.25) is 4.79 Å². The molecule has 0 aliphatic rings. The lowest BCUT2D eigenvalue weighted by Gasteiger charge is -2.20. The Hall–Kier alpha value is -1.51. The molecule has 0 saturated carbocycles. The molecule has 0 aliphatic carbocycles. The number of anilines is 1. The van der Waals surface area contributed by atoms with Crippen molar-refractivity contribution in [2.24, 2.45) is 0 Å². The van der Waals surface area contributed by atoms with Crippen LogP contribution in [0.2, 0.25) is 0 Å². The van der Waals surface area contributed by atoms with Gasteiger partial charge in [0.25, 0.3) is 5.91 Å². The molecule has 3 heteroatoms. The van der Waals surface area contributed by atoms with Crippen LogP contribution in [0.4, 0.5) is 5.69 Å². The third kappa shape index (κ3) is 4.06. The van der Waals surface area contributed by atoms with Crippen LogP contribution < -0.4 is 5.32 Å². The molecule has 18 heavy (non-hydrogen) atoms. The molecular weight excluding hydrogens is 224 g/mol. The molecular formula is C15H24N2O. The summed E-state index contributed by atoms with van der Waals surface area (Å²) in [7, 11) is 0. The molecule has 0 aliphatic heterocycles. The second-order valence-electron chi connectivity index (χ2n) is 4.35. The number of carbonyl (C=O) groups excluding carboxylic acids is 1. The van der Waals surface area contributed by atoms with Crippen LogP contribution >= 0.6 is 0 Å². The topological polar surface area (TPSA) is 32.3 Å². The molecule has 3 nitrogen and oxygen atoms in total. The van der Waals surface area contributed by atoms with E-state index in [4.69, 9.17) is 0 Å². The van der Waals surface area contributed by atoms with E-state index in [9.17, 15) is 4.79 Å². The first kappa shape index (κ1) is 14.6. The SMILES string of the molecule is CCCCN(CC)C(=O)c1ccc(NCC)cc1. The Kier molecular flexibility index (Phi) is 6.26. The Morgan fingerprint density at radius 2 is 1.83 bits per heavy atom. The van der Waals surface area contributed by atoms with Crippen molar-refractivity contribution in [2.45, 2.75) is 33.6 Å². The molecule has 0 unspecified atom stereocenters. The van der Waals surface area contributed by atoms with Crippen molar-refractivity contribution in [1.82, 2.24) is 4.90 Å². The molecule has 100 valence electrons. The lowest BCUT2D eigenvalue weighted by Crippen LogP contribution is -2.31. The summed E-state index contributed by atoms with van der Waals surface area (Å²) in [6.45, 7) is 8.74. The van der Waals surface area contributed by atoms with E-state index in [2.05, 4.69) is 19.2 Å². The molecule has 0 fully saturated rings. The number of rotatable bonds is 7. The standard InChI is InChI=1S/C15H24N2O/c1-4-7-12-17(6-3)15(18)13-8-10-14(11-9-13)16-5-2/h8-11,16H,4-7,12H2,1-3H3. The van der Waals surface area contributed by atoms with Crippen LogP contribution in [-0.2, 0) is 0 Å². The molecule has 1 amide bonds. The minimum atomic E-state index is 0.133. The van der Waals surface area contributed by atoms with Crippen molar-refractivity contribution in [3.05, 3.63) is 29.8 Å². The maximum Gasteiger partial charge on any atom is 0.253 e. The lowest BCUT2D eigenvalue weighted by molar-refractivity contribution is 0.0762. The van der Waals surface area contributed by atoms with Crippen molar-refractivity contribution in [3.8, 4) is 0 Å². The maximum absolute atomic E-state index is 12.3. The lowest BCUT2D eigenvalue weighted by atomic mass is 10.1. The normalized spacial score (nSPS) is 10.2. The van der Waals surface area contributed by atoms with Crippen molar-refractivity contribution in [3.63, 3.8) is 0 Å². The highest BCUT2D eigenvalue weighted by molar-refractivity contribution is 5.94. The van der Waals surface area contributed by atoms with E-state index >= 15 is 0 Å². The van der Waals surface area contributed by atoms with Crippen LogP contribution in [0.1, 0.15) is 44.0 Å². The van der Waals surface area contributed by atoms with E-state index < -0.39 is 0 Å². The van der Waals surface area contributed by atoms with Gasteiger partial charge in [-0.2, -0.15) is 0 Å². The number of hydrogen-bond donors (Lipinski definition) is 1. The Labute approximate surface area is 110 Å². The average Bonchev–Trinajstić information content (AvgIpc) is 2.40. The van der Waals surface area contributed by atoms with Crippen LogP contribution in [-0.4, -0.2) is 30.4 Å². The van der Waals surface area contributed by atoms with Gasteiger partial charge in [-0.05, 0) is 44.5 Å². The zero-order valence-electron chi connectivity index (χ0n) is 11.7. The second-order valence-corrected chi connectivity index (χ2v) is 4.35. The Morgan fingerprint density at radius 1 is 1.17 bits per heavy atom. The Bertz CT molecular complexity index is 359. The van der Waals surface area contributed by atoms with Crippen LogP contribution in [0.3, 0.4) is 0 Å². The number of carbonyl (C=O) groups is 1. The van der Waals surface area contributed by atoms with E-state index in [0.29, 0.717) is 0 Å². The third-order valence-electron chi connectivity index (χ3n) is 2.96. The van der Waals surface area contributed by atoms with Crippen molar-refractivity contribution >= 4 is 11.6 Å². The summed E-state index contributed by atoms with van der Waals surface area (Å²) < 4.78 is 0. The molecule has 1 N–H and O–H groups in total. The first-order valence-corrected chi connectivity index (χ1v) is 6.86. The third-order valence-corrected chi connectivity index (χ3v) is 2.96. The summed E-state index contributed by atoms with van der Waals surface area (Å²) >= 11 is 0. The Balaban J connectivity index is 2.69.